The Hall–Kier alpha value is -12.4. The molecular weight excluding hydrogens is 1090 g/mol. The summed E-state index contributed by atoms with van der Waals surface area (Å²) in [6.45, 7) is 0. The van der Waals surface area contributed by atoms with E-state index < -0.39 is 143 Å². The number of anilines is 3. The van der Waals surface area contributed by atoms with Gasteiger partial charge in [-0.1, -0.05) is 121 Å². The molecule has 11 aromatic carbocycles. The van der Waals surface area contributed by atoms with Crippen molar-refractivity contribution in [3.63, 3.8) is 0 Å². The summed E-state index contributed by atoms with van der Waals surface area (Å²) in [5, 5.41) is 204. The number of phenols is 18. The van der Waals surface area contributed by atoms with Crippen LogP contribution < -0.4 is 4.90 Å². The smallest absolute Gasteiger partial charge is 0.208 e. The van der Waals surface area contributed by atoms with E-state index in [9.17, 15) is 91.9 Å². The summed E-state index contributed by atoms with van der Waals surface area (Å²) in [4.78, 5) is 0.532. The lowest BCUT2D eigenvalue weighted by Gasteiger charge is -2.31. The first-order chi connectivity index (χ1) is 40.7. The first-order valence-corrected chi connectivity index (χ1v) is 25.5. The van der Waals surface area contributed by atoms with E-state index in [1.807, 2.05) is 158 Å². The predicted octanol–water partition coefficient (Wildman–Crippen LogP) is 13.2. The van der Waals surface area contributed by atoms with Crippen molar-refractivity contribution in [2.45, 2.75) is 0 Å². The average Bonchev–Trinajstić information content (AvgIpc) is 3.16. The van der Waals surface area contributed by atoms with Crippen LogP contribution in [0, 0.1) is 0 Å². The number of aromatic hydroxyl groups is 18. The monoisotopic (exact) mass is 1140 g/mol. The molecule has 19 heteroatoms. The van der Waals surface area contributed by atoms with Gasteiger partial charge < -0.3 is 91.9 Å². The van der Waals surface area contributed by atoms with E-state index in [1.54, 1.807) is 6.07 Å². The van der Waals surface area contributed by atoms with Crippen molar-refractivity contribution >= 4 is 17.1 Å². The lowest BCUT2D eigenvalue weighted by atomic mass is 9.89. The lowest BCUT2D eigenvalue weighted by molar-refractivity contribution is 0.329. The zero-order valence-electron chi connectivity index (χ0n) is 43.7. The summed E-state index contributed by atoms with van der Waals surface area (Å²) >= 11 is 0. The summed E-state index contributed by atoms with van der Waals surface area (Å²) in [5.41, 5.74) is -0.629. The molecule has 0 atom stereocenters. The Morgan fingerprint density at radius 2 is 0.329 bits per heavy atom. The van der Waals surface area contributed by atoms with Gasteiger partial charge in [-0.15, -0.1) is 0 Å². The molecule has 0 unspecified atom stereocenters. The van der Waals surface area contributed by atoms with Gasteiger partial charge in [0, 0.05) is 5.69 Å². The average molecular weight is 1140 g/mol. The van der Waals surface area contributed by atoms with Crippen LogP contribution >= 0.6 is 0 Å². The number of nitrogens with zero attached hydrogens (tertiary/aromatic N) is 1. The van der Waals surface area contributed by atoms with Crippen molar-refractivity contribution in [3.05, 3.63) is 176 Å². The zero-order valence-corrected chi connectivity index (χ0v) is 43.7. The van der Waals surface area contributed by atoms with Crippen LogP contribution in [-0.4, -0.2) is 91.9 Å². The molecule has 11 aromatic rings. The molecule has 0 aromatic heterocycles. The first kappa shape index (κ1) is 54.6. The highest BCUT2D eigenvalue weighted by Crippen LogP contribution is 2.68. The van der Waals surface area contributed by atoms with E-state index >= 15 is 0 Å². The molecule has 0 saturated heterocycles. The quantitative estimate of drug-likeness (QED) is 0.0422. The molecule has 0 radical (unpaired) electrons. The number of hydrogen-bond donors (Lipinski definition) is 18. The topological polar surface area (TPSA) is 367 Å². The van der Waals surface area contributed by atoms with Gasteiger partial charge in [-0.25, -0.2) is 0 Å². The van der Waals surface area contributed by atoms with Crippen LogP contribution in [0.2, 0.25) is 0 Å². The fraction of sp³-hybridized carbons (Fsp3) is 0. The zero-order chi connectivity index (χ0) is 60.4. The predicted molar refractivity (Wildman–Crippen MR) is 315 cm³/mol. The van der Waals surface area contributed by atoms with Crippen molar-refractivity contribution in [3.8, 4) is 193 Å². The maximum absolute atomic E-state index is 12.4. The van der Waals surface area contributed by atoms with Crippen molar-refractivity contribution in [1.82, 2.24) is 0 Å². The van der Waals surface area contributed by atoms with E-state index in [-0.39, 0.29) is 11.1 Å². The Kier molecular flexibility index (Phi) is 13.4. The van der Waals surface area contributed by atoms with E-state index in [0.29, 0.717) is 38.3 Å². The van der Waals surface area contributed by atoms with Gasteiger partial charge in [-0.3, -0.25) is 4.90 Å². The van der Waals surface area contributed by atoms with Gasteiger partial charge in [0.2, 0.25) is 34.5 Å². The van der Waals surface area contributed by atoms with Gasteiger partial charge >= 0.3 is 0 Å². The fourth-order valence-corrected chi connectivity index (χ4v) is 10.3. The normalized spacial score (nSPS) is 11.2. The number of benzene rings is 11. The summed E-state index contributed by atoms with van der Waals surface area (Å²) < 4.78 is 0. The summed E-state index contributed by atoms with van der Waals surface area (Å²) in [6.07, 6.45) is 0. The Bertz CT molecular complexity index is 3990. The van der Waals surface area contributed by atoms with E-state index in [4.69, 9.17) is 0 Å². The minimum atomic E-state index is -1.60. The Balaban J connectivity index is 1.29. The Morgan fingerprint density at radius 1 is 0.165 bits per heavy atom. The molecule has 0 aliphatic heterocycles. The first-order valence-electron chi connectivity index (χ1n) is 25.5. The van der Waals surface area contributed by atoms with Gasteiger partial charge in [0.25, 0.3) is 0 Å². The van der Waals surface area contributed by atoms with Crippen LogP contribution in [0.5, 0.6) is 103 Å². The molecule has 18 N–H and O–H groups in total. The molecule has 0 bridgehead atoms. The van der Waals surface area contributed by atoms with Gasteiger partial charge in [0.05, 0.1) is 22.3 Å². The number of rotatable bonds is 11. The van der Waals surface area contributed by atoms with E-state index in [0.717, 1.165) is 22.3 Å². The minimum Gasteiger partial charge on any atom is -0.504 e. The highest BCUT2D eigenvalue weighted by atomic mass is 16.4. The molecule has 0 fully saturated rings. The second kappa shape index (κ2) is 20.9. The van der Waals surface area contributed by atoms with Gasteiger partial charge in [-0.05, 0) is 121 Å². The Morgan fingerprint density at radius 3 is 0.541 bits per heavy atom. The van der Waals surface area contributed by atoms with Crippen LogP contribution in [0.3, 0.4) is 0 Å². The third-order valence-electron chi connectivity index (χ3n) is 14.6. The van der Waals surface area contributed by atoms with Crippen LogP contribution in [-0.2, 0) is 0 Å². The van der Waals surface area contributed by atoms with Gasteiger partial charge in [0.1, 0.15) is 11.4 Å². The van der Waals surface area contributed by atoms with Crippen LogP contribution in [0.15, 0.2) is 176 Å². The molecule has 424 valence electrons. The summed E-state index contributed by atoms with van der Waals surface area (Å²) in [5.74, 6) is -27.7. The maximum atomic E-state index is 12.4. The molecular formula is C66H47NO18. The number of phenolic OH excluding ortho intramolecular Hbond substituents is 18. The van der Waals surface area contributed by atoms with Crippen molar-refractivity contribution < 1.29 is 91.9 Å². The molecule has 0 amide bonds. The van der Waals surface area contributed by atoms with E-state index in [1.165, 1.54) is 12.1 Å². The highest BCUT2D eigenvalue weighted by Gasteiger charge is 2.40. The van der Waals surface area contributed by atoms with Crippen LogP contribution in [0.4, 0.5) is 17.1 Å². The third-order valence-corrected chi connectivity index (χ3v) is 14.6. The standard InChI is InChI=1S/C66H47NO18/c68-49-43(45-53(72)61(80)65(84)62(81)54(45)73)50(69)58(77)47(57(49)76)67(48-59(78)51(70)44(52(71)60(48)79)46-55(74)63(82)66(85)64(83)56(46)75)42-28-40(38-23-34(30-13-5-1-6-14-30)21-35(24-38)31-15-7-2-8-16-31)27-41(29-42)39-25-36(32-17-9-3-10-18-32)22-37(26-39)33-19-11-4-12-20-33/h1-29,68-85H. The number of hydrogen-bond acceptors (Lipinski definition) is 19. The summed E-state index contributed by atoms with van der Waals surface area (Å²) in [6, 6.07) is 53.1. The molecule has 11 rings (SSSR count). The molecule has 0 saturated carbocycles. The highest BCUT2D eigenvalue weighted by molar-refractivity contribution is 6.04. The van der Waals surface area contributed by atoms with Gasteiger partial charge in [-0.2, -0.15) is 0 Å². The molecule has 19 nitrogen and oxygen atoms in total. The van der Waals surface area contributed by atoms with Crippen molar-refractivity contribution in [2.75, 3.05) is 4.90 Å². The van der Waals surface area contributed by atoms with Crippen LogP contribution in [0.25, 0.3) is 89.0 Å². The van der Waals surface area contributed by atoms with Crippen molar-refractivity contribution in [1.29, 1.82) is 0 Å². The Labute approximate surface area is 480 Å². The molecule has 0 spiro atoms. The van der Waals surface area contributed by atoms with Crippen LogP contribution in [0.1, 0.15) is 0 Å². The molecule has 0 aliphatic carbocycles. The molecule has 85 heavy (non-hydrogen) atoms. The third kappa shape index (κ3) is 9.07. The fourth-order valence-electron chi connectivity index (χ4n) is 10.3. The summed E-state index contributed by atoms with van der Waals surface area (Å²) in [7, 11) is 0. The largest absolute Gasteiger partial charge is 0.504 e. The second-order valence-corrected chi connectivity index (χ2v) is 19.6. The van der Waals surface area contributed by atoms with Crippen molar-refractivity contribution in [2.24, 2.45) is 0 Å². The van der Waals surface area contributed by atoms with Gasteiger partial charge in [0.15, 0.2) is 69.0 Å². The second-order valence-electron chi connectivity index (χ2n) is 19.6. The lowest BCUT2D eigenvalue weighted by Crippen LogP contribution is -2.12. The molecule has 0 aliphatic rings. The SMILES string of the molecule is Oc1c(O)c(O)c(-c2c(O)c(O)c(N(c3cc(-c4cc(-c5ccccc5)cc(-c5ccccc5)c4)cc(-c4cc(-c5ccccc5)cc(-c5ccccc5)c4)c3)c3c(O)c(O)c(-c4c(O)c(O)c(O)c(O)c4O)c(O)c3O)c(O)c2O)c(O)c1O. The maximum Gasteiger partial charge on any atom is 0.208 e. The van der Waals surface area contributed by atoms with E-state index in [2.05, 4.69) is 0 Å². The molecule has 0 heterocycles. The minimum absolute atomic E-state index is 0.279.